The Labute approximate surface area is 139 Å². The Hall–Kier alpha value is -2.11. The van der Waals surface area contributed by atoms with Crippen molar-refractivity contribution in [1.82, 2.24) is 0 Å². The summed E-state index contributed by atoms with van der Waals surface area (Å²) in [6.45, 7) is 0.527. The van der Waals surface area contributed by atoms with Crippen molar-refractivity contribution in [2.24, 2.45) is 0 Å². The second-order valence-electron chi connectivity index (χ2n) is 5.29. The van der Waals surface area contributed by atoms with Crippen LogP contribution in [-0.4, -0.2) is 26.6 Å². The molecule has 0 bridgehead atoms. The Morgan fingerprint density at radius 3 is 2.74 bits per heavy atom. The van der Waals surface area contributed by atoms with Gasteiger partial charge >= 0.3 is 0 Å². The Morgan fingerprint density at radius 1 is 1.30 bits per heavy atom. The molecular weight excluding hydrogens is 319 g/mol. The normalized spacial score (nSPS) is 11.8. The van der Waals surface area contributed by atoms with E-state index in [0.717, 1.165) is 4.90 Å². The van der Waals surface area contributed by atoms with Crippen molar-refractivity contribution in [3.05, 3.63) is 58.9 Å². The number of benzene rings is 2. The van der Waals surface area contributed by atoms with Crippen LogP contribution in [-0.2, 0) is 11.3 Å². The molecule has 2 aromatic rings. The number of ether oxygens (including phenoxy) is 1. The fourth-order valence-corrected chi connectivity index (χ4v) is 2.48. The van der Waals surface area contributed by atoms with E-state index in [1.807, 2.05) is 7.05 Å². The molecule has 0 aromatic heterocycles. The van der Waals surface area contributed by atoms with Crippen molar-refractivity contribution in [3.8, 4) is 5.75 Å². The summed E-state index contributed by atoms with van der Waals surface area (Å²) in [5.41, 5.74) is 1.08. The van der Waals surface area contributed by atoms with E-state index in [-0.39, 0.29) is 18.3 Å². The van der Waals surface area contributed by atoms with Crippen molar-refractivity contribution in [2.75, 3.05) is 26.0 Å². The molecule has 0 aliphatic rings. The summed E-state index contributed by atoms with van der Waals surface area (Å²) in [6.07, 6.45) is 0. The molecule has 4 nitrogen and oxygen atoms in total. The summed E-state index contributed by atoms with van der Waals surface area (Å²) >= 11 is 6.01. The second-order valence-corrected chi connectivity index (χ2v) is 5.70. The quantitative estimate of drug-likeness (QED) is 0.848. The van der Waals surface area contributed by atoms with Crippen LogP contribution in [0.2, 0.25) is 5.02 Å². The molecule has 2 rings (SSSR count). The summed E-state index contributed by atoms with van der Waals surface area (Å²) < 4.78 is 18.9. The third-order valence-electron chi connectivity index (χ3n) is 3.36. The van der Waals surface area contributed by atoms with Gasteiger partial charge in [0, 0.05) is 11.8 Å². The first-order valence-corrected chi connectivity index (χ1v) is 7.55. The van der Waals surface area contributed by atoms with Crippen molar-refractivity contribution < 1.29 is 18.8 Å². The van der Waals surface area contributed by atoms with Crippen LogP contribution in [0.5, 0.6) is 5.75 Å². The highest BCUT2D eigenvalue weighted by Gasteiger charge is 2.15. The molecule has 1 atom stereocenters. The largest absolute Gasteiger partial charge is 0.497 e. The lowest BCUT2D eigenvalue weighted by Gasteiger charge is -2.15. The number of nitrogens with one attached hydrogen (secondary N) is 2. The Morgan fingerprint density at radius 2 is 2.04 bits per heavy atom. The average Bonchev–Trinajstić information content (AvgIpc) is 2.51. The van der Waals surface area contributed by atoms with Gasteiger partial charge in [0.1, 0.15) is 18.1 Å². The fourth-order valence-electron chi connectivity index (χ4n) is 2.25. The zero-order valence-electron chi connectivity index (χ0n) is 13.0. The molecule has 0 aliphatic heterocycles. The van der Waals surface area contributed by atoms with Gasteiger partial charge in [-0.15, -0.1) is 0 Å². The van der Waals surface area contributed by atoms with Gasteiger partial charge in [-0.25, -0.2) is 4.39 Å². The summed E-state index contributed by atoms with van der Waals surface area (Å²) in [5.74, 6) is 0.148. The van der Waals surface area contributed by atoms with Crippen molar-refractivity contribution in [1.29, 1.82) is 0 Å². The first kappa shape index (κ1) is 17.2. The number of likely N-dealkylation sites (N-methyl/N-ethyl adjacent to an activating group) is 1. The second kappa shape index (κ2) is 7.94. The minimum absolute atomic E-state index is 0.164. The standard InChI is InChI=1S/C17H18ClFN2O2/c1-21(10-14-15(18)7-4-8-16(14)19)11-17(22)20-12-5-3-6-13(9-12)23-2/h3-9H,10-11H2,1-2H3,(H,20,22)/p+1. The first-order chi connectivity index (χ1) is 11.0. The van der Waals surface area contributed by atoms with Gasteiger partial charge in [0.15, 0.2) is 6.54 Å². The average molecular weight is 338 g/mol. The van der Waals surface area contributed by atoms with E-state index in [9.17, 15) is 9.18 Å². The van der Waals surface area contributed by atoms with Gasteiger partial charge in [-0.1, -0.05) is 23.7 Å². The van der Waals surface area contributed by atoms with Crippen LogP contribution in [0, 0.1) is 5.82 Å². The van der Waals surface area contributed by atoms with Crippen molar-refractivity contribution in [3.63, 3.8) is 0 Å². The maximum atomic E-state index is 13.8. The molecule has 0 fully saturated rings. The van der Waals surface area contributed by atoms with Gasteiger partial charge in [-0.2, -0.15) is 0 Å². The zero-order valence-corrected chi connectivity index (χ0v) is 13.8. The van der Waals surface area contributed by atoms with Gasteiger partial charge in [0.05, 0.1) is 24.7 Å². The number of anilines is 1. The molecule has 0 aliphatic carbocycles. The minimum Gasteiger partial charge on any atom is -0.497 e. The molecule has 0 saturated heterocycles. The maximum Gasteiger partial charge on any atom is 0.279 e. The highest BCUT2D eigenvalue weighted by atomic mass is 35.5. The molecule has 122 valence electrons. The number of carbonyl (C=O) groups is 1. The summed E-state index contributed by atoms with van der Waals surface area (Å²) in [5, 5.41) is 3.17. The van der Waals surface area contributed by atoms with Gasteiger partial charge in [0.25, 0.3) is 5.91 Å². The third kappa shape index (κ3) is 4.94. The molecule has 1 unspecified atom stereocenters. The highest BCUT2D eigenvalue weighted by Crippen LogP contribution is 2.18. The molecule has 0 spiro atoms. The van der Waals surface area contributed by atoms with E-state index in [0.29, 0.717) is 28.6 Å². The lowest BCUT2D eigenvalue weighted by atomic mass is 10.2. The van der Waals surface area contributed by atoms with Crippen LogP contribution in [0.1, 0.15) is 5.56 Å². The van der Waals surface area contributed by atoms with E-state index < -0.39 is 0 Å². The highest BCUT2D eigenvalue weighted by molar-refractivity contribution is 6.31. The SMILES string of the molecule is COc1cccc(NC(=O)C[NH+](C)Cc2c(F)cccc2Cl)c1. The van der Waals surface area contributed by atoms with Crippen LogP contribution >= 0.6 is 11.6 Å². The molecule has 6 heteroatoms. The third-order valence-corrected chi connectivity index (χ3v) is 3.71. The Kier molecular flexibility index (Phi) is 5.96. The lowest BCUT2D eigenvalue weighted by Crippen LogP contribution is -3.08. The Bertz CT molecular complexity index is 674. The number of carbonyl (C=O) groups excluding carboxylic acids is 1. The van der Waals surface area contributed by atoms with Crippen molar-refractivity contribution >= 4 is 23.2 Å². The van der Waals surface area contributed by atoms with Crippen molar-refractivity contribution in [2.45, 2.75) is 6.54 Å². The number of quaternary nitrogens is 1. The van der Waals surface area contributed by atoms with Gasteiger partial charge < -0.3 is 15.0 Å². The van der Waals surface area contributed by atoms with Crippen LogP contribution < -0.4 is 15.0 Å². The van der Waals surface area contributed by atoms with Gasteiger partial charge in [-0.3, -0.25) is 4.79 Å². The molecule has 0 saturated carbocycles. The molecular formula is C17H19ClFN2O2+. The molecule has 23 heavy (non-hydrogen) atoms. The topological polar surface area (TPSA) is 42.8 Å². The van der Waals surface area contributed by atoms with E-state index in [1.165, 1.54) is 6.07 Å². The van der Waals surface area contributed by atoms with Crippen LogP contribution in [0.25, 0.3) is 0 Å². The van der Waals surface area contributed by atoms with E-state index in [1.54, 1.807) is 43.5 Å². The number of halogens is 2. The lowest BCUT2D eigenvalue weighted by molar-refractivity contribution is -0.885. The molecule has 1 amide bonds. The predicted molar refractivity (Wildman–Crippen MR) is 88.5 cm³/mol. The van der Waals surface area contributed by atoms with Crippen LogP contribution in [0.4, 0.5) is 10.1 Å². The number of hydrogen-bond acceptors (Lipinski definition) is 2. The molecule has 0 radical (unpaired) electrons. The number of rotatable bonds is 6. The smallest absolute Gasteiger partial charge is 0.279 e. The monoisotopic (exact) mass is 337 g/mol. The molecule has 2 aromatic carbocycles. The fraction of sp³-hybridized carbons (Fsp3) is 0.235. The summed E-state index contributed by atoms with van der Waals surface area (Å²) in [7, 11) is 3.38. The number of hydrogen-bond donors (Lipinski definition) is 2. The minimum atomic E-state index is -0.356. The molecule has 2 N–H and O–H groups in total. The van der Waals surface area contributed by atoms with E-state index >= 15 is 0 Å². The van der Waals surface area contributed by atoms with Gasteiger partial charge in [-0.05, 0) is 24.3 Å². The summed E-state index contributed by atoms with van der Waals surface area (Å²) in [4.78, 5) is 12.9. The predicted octanol–water partition coefficient (Wildman–Crippen LogP) is 2.14. The summed E-state index contributed by atoms with van der Waals surface area (Å²) in [6, 6.07) is 11.7. The number of methoxy groups -OCH3 is 1. The van der Waals surface area contributed by atoms with E-state index in [4.69, 9.17) is 16.3 Å². The van der Waals surface area contributed by atoms with Gasteiger partial charge in [0.2, 0.25) is 0 Å². The number of amides is 1. The zero-order chi connectivity index (χ0) is 16.8. The Balaban J connectivity index is 1.94. The van der Waals surface area contributed by atoms with Crippen LogP contribution in [0.3, 0.4) is 0 Å². The molecule has 0 heterocycles. The van der Waals surface area contributed by atoms with Crippen LogP contribution in [0.15, 0.2) is 42.5 Å². The maximum absolute atomic E-state index is 13.8. The van der Waals surface area contributed by atoms with E-state index in [2.05, 4.69) is 5.32 Å². The first-order valence-electron chi connectivity index (χ1n) is 7.17.